The minimum absolute atomic E-state index is 0.124. The van der Waals surface area contributed by atoms with E-state index >= 15 is 0 Å². The number of ether oxygens (including phenoxy) is 1. The molecule has 0 aromatic heterocycles. The Morgan fingerprint density at radius 1 is 1.64 bits per heavy atom. The van der Waals surface area contributed by atoms with Crippen LogP contribution in [-0.4, -0.2) is 5.78 Å². The van der Waals surface area contributed by atoms with Crippen molar-refractivity contribution in [3.63, 3.8) is 0 Å². The SMILES string of the molecule is C=COC1=C(C(C)=O)CCC1. The first kappa shape index (κ1) is 8.05. The van der Waals surface area contributed by atoms with Crippen LogP contribution in [0.2, 0.25) is 0 Å². The van der Waals surface area contributed by atoms with E-state index in [1.807, 2.05) is 0 Å². The fourth-order valence-electron chi connectivity index (χ4n) is 1.32. The summed E-state index contributed by atoms with van der Waals surface area (Å²) in [5.74, 6) is 0.937. The minimum Gasteiger partial charge on any atom is -0.470 e. The van der Waals surface area contributed by atoms with Crippen LogP contribution >= 0.6 is 0 Å². The van der Waals surface area contributed by atoms with Crippen molar-refractivity contribution in [2.45, 2.75) is 26.2 Å². The van der Waals surface area contributed by atoms with Crippen LogP contribution in [0.1, 0.15) is 26.2 Å². The summed E-state index contributed by atoms with van der Waals surface area (Å²) in [4.78, 5) is 11.0. The number of hydrogen-bond donors (Lipinski definition) is 0. The number of ketones is 1. The molecule has 0 radical (unpaired) electrons. The van der Waals surface area contributed by atoms with Gasteiger partial charge in [-0.2, -0.15) is 0 Å². The number of rotatable bonds is 3. The summed E-state index contributed by atoms with van der Waals surface area (Å²) in [6, 6.07) is 0. The molecular weight excluding hydrogens is 140 g/mol. The molecule has 0 amide bonds. The molecule has 1 aliphatic rings. The van der Waals surface area contributed by atoms with E-state index in [-0.39, 0.29) is 5.78 Å². The topological polar surface area (TPSA) is 26.3 Å². The van der Waals surface area contributed by atoms with Crippen molar-refractivity contribution in [1.82, 2.24) is 0 Å². The average Bonchev–Trinajstić information content (AvgIpc) is 2.36. The first-order valence-corrected chi connectivity index (χ1v) is 3.76. The van der Waals surface area contributed by atoms with Gasteiger partial charge < -0.3 is 4.74 Å². The number of Topliss-reactive ketones (excluding diaryl/α,β-unsaturated/α-hetero) is 1. The van der Waals surface area contributed by atoms with Crippen LogP contribution in [0.25, 0.3) is 0 Å². The Balaban J connectivity index is 2.76. The predicted octanol–water partition coefficient (Wildman–Crippen LogP) is 2.17. The molecular formula is C9H12O2. The van der Waals surface area contributed by atoms with Gasteiger partial charge in [-0.25, -0.2) is 0 Å². The van der Waals surface area contributed by atoms with Gasteiger partial charge in [0, 0.05) is 12.0 Å². The zero-order valence-electron chi connectivity index (χ0n) is 6.72. The molecule has 0 aliphatic heterocycles. The lowest BCUT2D eigenvalue weighted by Gasteiger charge is -2.01. The van der Waals surface area contributed by atoms with E-state index in [1.54, 1.807) is 6.92 Å². The standard InChI is InChI=1S/C9H12O2/c1-3-11-9-6-4-5-8(9)7(2)10/h3H,1,4-6H2,2H3. The molecule has 0 fully saturated rings. The van der Waals surface area contributed by atoms with E-state index in [0.717, 1.165) is 30.6 Å². The molecule has 0 bridgehead atoms. The summed E-state index contributed by atoms with van der Waals surface area (Å²) >= 11 is 0. The third-order valence-electron chi connectivity index (χ3n) is 1.82. The molecule has 11 heavy (non-hydrogen) atoms. The van der Waals surface area contributed by atoms with E-state index in [0.29, 0.717) is 0 Å². The summed E-state index contributed by atoms with van der Waals surface area (Å²) < 4.78 is 5.10. The third-order valence-corrected chi connectivity index (χ3v) is 1.82. The molecule has 0 saturated heterocycles. The van der Waals surface area contributed by atoms with Crippen molar-refractivity contribution in [1.29, 1.82) is 0 Å². The molecule has 1 rings (SSSR count). The summed E-state index contributed by atoms with van der Waals surface area (Å²) in [5, 5.41) is 0. The Labute approximate surface area is 66.5 Å². The van der Waals surface area contributed by atoms with E-state index in [4.69, 9.17) is 4.74 Å². The van der Waals surface area contributed by atoms with Crippen molar-refractivity contribution < 1.29 is 9.53 Å². The quantitative estimate of drug-likeness (QED) is 0.579. The monoisotopic (exact) mass is 152 g/mol. The second-order valence-electron chi connectivity index (χ2n) is 2.60. The van der Waals surface area contributed by atoms with Crippen molar-refractivity contribution in [2.75, 3.05) is 0 Å². The molecule has 0 aromatic carbocycles. The second-order valence-corrected chi connectivity index (χ2v) is 2.60. The highest BCUT2D eigenvalue weighted by molar-refractivity contribution is 5.94. The smallest absolute Gasteiger partial charge is 0.159 e. The molecule has 2 heteroatoms. The molecule has 0 spiro atoms. The largest absolute Gasteiger partial charge is 0.470 e. The first-order chi connectivity index (χ1) is 5.25. The zero-order chi connectivity index (χ0) is 8.27. The van der Waals surface area contributed by atoms with Crippen LogP contribution in [0.4, 0.5) is 0 Å². The van der Waals surface area contributed by atoms with Crippen molar-refractivity contribution in [2.24, 2.45) is 0 Å². The normalized spacial score (nSPS) is 16.8. The number of allylic oxidation sites excluding steroid dienone is 2. The third kappa shape index (κ3) is 1.70. The van der Waals surface area contributed by atoms with Crippen LogP contribution in [0.5, 0.6) is 0 Å². The van der Waals surface area contributed by atoms with E-state index < -0.39 is 0 Å². The zero-order valence-corrected chi connectivity index (χ0v) is 6.72. The highest BCUT2D eigenvalue weighted by Crippen LogP contribution is 2.27. The maximum Gasteiger partial charge on any atom is 0.159 e. The summed E-state index contributed by atoms with van der Waals surface area (Å²) in [6.45, 7) is 5.03. The Morgan fingerprint density at radius 3 is 2.91 bits per heavy atom. The van der Waals surface area contributed by atoms with Gasteiger partial charge in [0.05, 0.1) is 6.26 Å². The van der Waals surface area contributed by atoms with E-state index in [1.165, 1.54) is 6.26 Å². The number of hydrogen-bond acceptors (Lipinski definition) is 2. The summed E-state index contributed by atoms with van der Waals surface area (Å²) in [6.07, 6.45) is 4.14. The van der Waals surface area contributed by atoms with Gasteiger partial charge in [0.2, 0.25) is 0 Å². The molecule has 60 valence electrons. The molecule has 0 heterocycles. The predicted molar refractivity (Wildman–Crippen MR) is 42.8 cm³/mol. The highest BCUT2D eigenvalue weighted by atomic mass is 16.5. The van der Waals surface area contributed by atoms with Crippen LogP contribution in [0.3, 0.4) is 0 Å². The van der Waals surface area contributed by atoms with Crippen LogP contribution in [0.15, 0.2) is 24.2 Å². The van der Waals surface area contributed by atoms with Gasteiger partial charge >= 0.3 is 0 Å². The van der Waals surface area contributed by atoms with Crippen molar-refractivity contribution in [3.05, 3.63) is 24.2 Å². The van der Waals surface area contributed by atoms with E-state index in [9.17, 15) is 4.79 Å². The lowest BCUT2D eigenvalue weighted by atomic mass is 10.2. The van der Waals surface area contributed by atoms with Crippen molar-refractivity contribution in [3.8, 4) is 0 Å². The number of carbonyl (C=O) groups excluding carboxylic acids is 1. The second kappa shape index (κ2) is 3.37. The van der Waals surface area contributed by atoms with Crippen LogP contribution < -0.4 is 0 Å². The first-order valence-electron chi connectivity index (χ1n) is 3.76. The molecule has 0 aromatic rings. The Hall–Kier alpha value is -1.05. The summed E-state index contributed by atoms with van der Waals surface area (Å²) in [7, 11) is 0. The van der Waals surface area contributed by atoms with Gasteiger partial charge in [-0.3, -0.25) is 4.79 Å². The molecule has 0 unspecified atom stereocenters. The van der Waals surface area contributed by atoms with Crippen LogP contribution in [-0.2, 0) is 9.53 Å². The van der Waals surface area contributed by atoms with Gasteiger partial charge in [-0.1, -0.05) is 6.58 Å². The Kier molecular flexibility index (Phi) is 2.47. The van der Waals surface area contributed by atoms with Gasteiger partial charge in [0.1, 0.15) is 5.76 Å². The highest BCUT2D eigenvalue weighted by Gasteiger charge is 2.18. The summed E-state index contributed by atoms with van der Waals surface area (Å²) in [5.41, 5.74) is 0.838. The van der Waals surface area contributed by atoms with Gasteiger partial charge in [0.25, 0.3) is 0 Å². The minimum atomic E-state index is 0.124. The lowest BCUT2D eigenvalue weighted by molar-refractivity contribution is -0.113. The maximum absolute atomic E-state index is 11.0. The molecule has 2 nitrogen and oxygen atoms in total. The van der Waals surface area contributed by atoms with Crippen LogP contribution in [0, 0.1) is 0 Å². The van der Waals surface area contributed by atoms with E-state index in [2.05, 4.69) is 6.58 Å². The van der Waals surface area contributed by atoms with Crippen molar-refractivity contribution >= 4 is 5.78 Å². The molecule has 0 saturated carbocycles. The average molecular weight is 152 g/mol. The Bertz CT molecular complexity index is 214. The lowest BCUT2D eigenvalue weighted by Crippen LogP contribution is -1.96. The molecule has 0 atom stereocenters. The van der Waals surface area contributed by atoms with Gasteiger partial charge in [-0.05, 0) is 19.8 Å². The Morgan fingerprint density at radius 2 is 2.36 bits per heavy atom. The fourth-order valence-corrected chi connectivity index (χ4v) is 1.32. The fraction of sp³-hybridized carbons (Fsp3) is 0.444. The molecule has 0 N–H and O–H groups in total. The van der Waals surface area contributed by atoms with Gasteiger partial charge in [0.15, 0.2) is 5.78 Å². The van der Waals surface area contributed by atoms with Gasteiger partial charge in [-0.15, -0.1) is 0 Å². The maximum atomic E-state index is 11.0. The molecule has 1 aliphatic carbocycles. The number of carbonyl (C=O) groups is 1.